The summed E-state index contributed by atoms with van der Waals surface area (Å²) in [7, 11) is -2.43. The topological polar surface area (TPSA) is 104 Å². The van der Waals surface area contributed by atoms with Gasteiger partial charge in [-0.2, -0.15) is 9.62 Å². The van der Waals surface area contributed by atoms with Crippen LogP contribution in [0.3, 0.4) is 0 Å². The van der Waals surface area contributed by atoms with E-state index in [0.29, 0.717) is 42.0 Å². The highest BCUT2D eigenvalue weighted by atomic mass is 32.2. The SMILES string of the molecule is CS(=O)(=Nc1cccc(-c2ccc(C[C@@H](C#N)NC(=O)C3NC4CCC3C4)c(F)c2)c1)C1CCOCC1. The predicted molar refractivity (Wildman–Crippen MR) is 141 cm³/mol. The van der Waals surface area contributed by atoms with Crippen LogP contribution >= 0.6 is 0 Å². The molecule has 1 amide bonds. The Morgan fingerprint density at radius 3 is 2.68 bits per heavy atom. The van der Waals surface area contributed by atoms with Gasteiger partial charge in [0.25, 0.3) is 0 Å². The molecule has 2 aliphatic heterocycles. The zero-order chi connectivity index (χ0) is 26.0. The first kappa shape index (κ1) is 25.8. The maximum Gasteiger partial charge on any atom is 0.238 e. The molecule has 37 heavy (non-hydrogen) atoms. The maximum atomic E-state index is 15.1. The van der Waals surface area contributed by atoms with E-state index in [1.54, 1.807) is 18.4 Å². The lowest BCUT2D eigenvalue weighted by Crippen LogP contribution is -2.50. The zero-order valence-electron chi connectivity index (χ0n) is 21.0. The molecule has 196 valence electrons. The van der Waals surface area contributed by atoms with Crippen molar-refractivity contribution in [2.24, 2.45) is 10.3 Å². The van der Waals surface area contributed by atoms with Crippen molar-refractivity contribution in [1.29, 1.82) is 5.26 Å². The molecule has 3 fully saturated rings. The van der Waals surface area contributed by atoms with E-state index in [1.807, 2.05) is 24.3 Å². The van der Waals surface area contributed by atoms with Crippen molar-refractivity contribution in [3.8, 4) is 17.2 Å². The summed E-state index contributed by atoms with van der Waals surface area (Å²) in [5.41, 5.74) is 2.40. The van der Waals surface area contributed by atoms with E-state index in [4.69, 9.17) is 4.74 Å². The fourth-order valence-corrected chi connectivity index (χ4v) is 7.54. The molecule has 2 aromatic rings. The van der Waals surface area contributed by atoms with Gasteiger partial charge in [0.05, 0.1) is 27.5 Å². The molecule has 0 radical (unpaired) electrons. The number of halogens is 1. The molecule has 3 aliphatic rings. The molecule has 1 aliphatic carbocycles. The quantitative estimate of drug-likeness (QED) is 0.568. The Kier molecular flexibility index (Phi) is 7.61. The highest BCUT2D eigenvalue weighted by molar-refractivity contribution is 7.93. The van der Waals surface area contributed by atoms with E-state index in [2.05, 4.69) is 21.1 Å². The first-order chi connectivity index (χ1) is 17.8. The Morgan fingerprint density at radius 1 is 1.22 bits per heavy atom. The van der Waals surface area contributed by atoms with Crippen LogP contribution in [0.5, 0.6) is 0 Å². The molecule has 4 unspecified atom stereocenters. The number of hydrogen-bond acceptors (Lipinski definition) is 6. The second-order valence-electron chi connectivity index (χ2n) is 10.4. The first-order valence-corrected chi connectivity index (χ1v) is 14.9. The number of piperidine rings is 1. The van der Waals surface area contributed by atoms with Gasteiger partial charge in [0.15, 0.2) is 0 Å². The van der Waals surface area contributed by atoms with Gasteiger partial charge in [0, 0.05) is 37.2 Å². The Morgan fingerprint density at radius 2 is 2.00 bits per heavy atom. The fourth-order valence-electron chi connectivity index (χ4n) is 5.79. The summed E-state index contributed by atoms with van der Waals surface area (Å²) >= 11 is 0. The third-order valence-electron chi connectivity index (χ3n) is 7.84. The molecule has 0 aromatic heterocycles. The van der Waals surface area contributed by atoms with Gasteiger partial charge in [-0.15, -0.1) is 0 Å². The lowest BCUT2D eigenvalue weighted by atomic mass is 9.97. The van der Waals surface area contributed by atoms with E-state index < -0.39 is 21.6 Å². The van der Waals surface area contributed by atoms with E-state index in [1.165, 1.54) is 6.07 Å². The van der Waals surface area contributed by atoms with Crippen LogP contribution in [0.25, 0.3) is 11.1 Å². The summed E-state index contributed by atoms with van der Waals surface area (Å²) in [5.74, 6) is -0.292. The number of benzene rings is 2. The number of nitrogens with one attached hydrogen (secondary N) is 2. The molecule has 2 bridgehead atoms. The van der Waals surface area contributed by atoms with E-state index in [0.717, 1.165) is 37.7 Å². The molecule has 5 rings (SSSR count). The summed E-state index contributed by atoms with van der Waals surface area (Å²) in [6.07, 6.45) is 6.38. The molecule has 5 atom stereocenters. The zero-order valence-corrected chi connectivity index (χ0v) is 21.8. The van der Waals surface area contributed by atoms with Crippen LogP contribution in [0.15, 0.2) is 46.8 Å². The van der Waals surface area contributed by atoms with Crippen molar-refractivity contribution in [3.63, 3.8) is 0 Å². The second-order valence-corrected chi connectivity index (χ2v) is 13.0. The van der Waals surface area contributed by atoms with Crippen molar-refractivity contribution in [2.45, 2.75) is 61.9 Å². The Labute approximate surface area is 218 Å². The third kappa shape index (κ3) is 5.87. The summed E-state index contributed by atoms with van der Waals surface area (Å²) in [4.78, 5) is 12.7. The van der Waals surface area contributed by atoms with Crippen LogP contribution in [0, 0.1) is 23.1 Å². The number of ether oxygens (including phenoxy) is 1. The molecule has 2 N–H and O–H groups in total. The number of fused-ring (bicyclic) bond motifs is 2. The minimum absolute atomic E-state index is 0.00481. The Hall–Kier alpha value is -2.80. The number of rotatable bonds is 7. The van der Waals surface area contributed by atoms with Crippen LogP contribution in [-0.2, 0) is 25.7 Å². The second kappa shape index (κ2) is 10.9. The van der Waals surface area contributed by atoms with Gasteiger partial charge in [0.1, 0.15) is 11.9 Å². The first-order valence-electron chi connectivity index (χ1n) is 13.0. The van der Waals surface area contributed by atoms with Crippen LogP contribution in [0.1, 0.15) is 37.7 Å². The molecule has 1 saturated carbocycles. The third-order valence-corrected chi connectivity index (χ3v) is 10.1. The molecular weight excluding hydrogens is 491 g/mol. The minimum Gasteiger partial charge on any atom is -0.381 e. The lowest BCUT2D eigenvalue weighted by molar-refractivity contribution is -0.124. The van der Waals surface area contributed by atoms with Crippen LogP contribution in [0.2, 0.25) is 0 Å². The van der Waals surface area contributed by atoms with Gasteiger partial charge < -0.3 is 15.4 Å². The number of amides is 1. The number of nitriles is 1. The van der Waals surface area contributed by atoms with Crippen molar-refractivity contribution in [1.82, 2.24) is 10.6 Å². The summed E-state index contributed by atoms with van der Waals surface area (Å²) in [6, 6.07) is 13.6. The summed E-state index contributed by atoms with van der Waals surface area (Å²) in [5, 5.41) is 15.7. The summed E-state index contributed by atoms with van der Waals surface area (Å²) in [6.45, 7) is 1.21. The molecular formula is C28H33FN4O3S. The molecule has 0 spiro atoms. The number of carbonyl (C=O) groups is 1. The normalized spacial score (nSPS) is 25.7. The predicted octanol–water partition coefficient (Wildman–Crippen LogP) is 4.09. The van der Waals surface area contributed by atoms with Crippen molar-refractivity contribution < 1.29 is 18.1 Å². The molecule has 2 aromatic carbocycles. The van der Waals surface area contributed by atoms with Crippen LogP contribution in [0.4, 0.5) is 10.1 Å². The van der Waals surface area contributed by atoms with E-state index >= 15 is 4.39 Å². The van der Waals surface area contributed by atoms with Crippen LogP contribution in [-0.4, -0.2) is 53.0 Å². The van der Waals surface area contributed by atoms with Crippen LogP contribution < -0.4 is 10.6 Å². The van der Waals surface area contributed by atoms with Gasteiger partial charge in [0.2, 0.25) is 5.91 Å². The standard InChI is InChI=1S/C28H33FN4O3S/c1-37(35,25-9-11-36-12-10-25)33-23-4-2-3-18(13-23)19-5-6-20(26(29)16-19)14-24(17-30)32-28(34)27-21-7-8-22(15-21)31-27/h2-6,13,16,21-22,24-25,27,31H,7-12,14-15H2,1H3,(H,32,34)/t21?,22?,24-,27?,37?/m0/s1. The lowest BCUT2D eigenvalue weighted by Gasteiger charge is -2.23. The molecule has 2 heterocycles. The van der Waals surface area contributed by atoms with Crippen molar-refractivity contribution in [3.05, 3.63) is 53.8 Å². The van der Waals surface area contributed by atoms with E-state index in [-0.39, 0.29) is 23.6 Å². The summed E-state index contributed by atoms with van der Waals surface area (Å²) < 4.78 is 38.3. The highest BCUT2D eigenvalue weighted by Crippen LogP contribution is 2.35. The van der Waals surface area contributed by atoms with E-state index in [9.17, 15) is 14.3 Å². The minimum atomic E-state index is -2.43. The van der Waals surface area contributed by atoms with Gasteiger partial charge in [-0.1, -0.05) is 24.3 Å². The number of hydrogen-bond donors (Lipinski definition) is 2. The van der Waals surface area contributed by atoms with Gasteiger partial charge >= 0.3 is 0 Å². The Balaban J connectivity index is 1.28. The van der Waals surface area contributed by atoms with Gasteiger partial charge in [-0.05, 0) is 72.9 Å². The average Bonchev–Trinajstić information content (AvgIpc) is 3.54. The smallest absolute Gasteiger partial charge is 0.238 e. The average molecular weight is 525 g/mol. The molecule has 9 heteroatoms. The largest absolute Gasteiger partial charge is 0.381 e. The van der Waals surface area contributed by atoms with Crippen molar-refractivity contribution >= 4 is 21.3 Å². The number of carbonyl (C=O) groups excluding carboxylic acids is 1. The number of nitrogens with zero attached hydrogens (tertiary/aromatic N) is 2. The van der Waals surface area contributed by atoms with Gasteiger partial charge in [-0.3, -0.25) is 4.79 Å². The molecule has 7 nitrogen and oxygen atoms in total. The molecule has 2 saturated heterocycles. The van der Waals surface area contributed by atoms with Gasteiger partial charge in [-0.25, -0.2) is 8.60 Å². The monoisotopic (exact) mass is 524 g/mol. The Bertz CT molecular complexity index is 1330. The highest BCUT2D eigenvalue weighted by Gasteiger charge is 2.43. The fraction of sp³-hybridized carbons (Fsp3) is 0.500. The maximum absolute atomic E-state index is 15.1. The van der Waals surface area contributed by atoms with Crippen molar-refractivity contribution in [2.75, 3.05) is 19.5 Å².